The monoisotopic (exact) mass is 448 g/mol. The number of hydrogen-bond acceptors (Lipinski definition) is 7. The highest BCUT2D eigenvalue weighted by molar-refractivity contribution is 5.77. The molecule has 1 amide bonds. The van der Waals surface area contributed by atoms with Gasteiger partial charge < -0.3 is 18.8 Å². The Morgan fingerprint density at radius 1 is 1.18 bits per heavy atom. The second-order valence-corrected chi connectivity index (χ2v) is 8.83. The summed E-state index contributed by atoms with van der Waals surface area (Å²) in [5.74, 6) is 2.05. The maximum absolute atomic E-state index is 13.2. The first-order valence-corrected chi connectivity index (χ1v) is 11.4. The van der Waals surface area contributed by atoms with Crippen LogP contribution in [0, 0.1) is 5.41 Å². The molecule has 0 aliphatic carbocycles. The molecule has 0 radical (unpaired) electrons. The average molecular weight is 449 g/mol. The molecule has 0 bridgehead atoms. The minimum Gasteiger partial charge on any atom is -0.497 e. The smallest absolute Gasteiger partial charge is 0.247 e. The van der Waals surface area contributed by atoms with Crippen LogP contribution in [0.5, 0.6) is 5.75 Å². The van der Waals surface area contributed by atoms with Crippen LogP contribution < -0.4 is 4.74 Å². The van der Waals surface area contributed by atoms with Crippen molar-refractivity contribution >= 4 is 5.91 Å². The summed E-state index contributed by atoms with van der Waals surface area (Å²) in [5, 5.41) is 8.68. The van der Waals surface area contributed by atoms with Gasteiger partial charge in [-0.25, -0.2) is 0 Å². The van der Waals surface area contributed by atoms with Gasteiger partial charge in [0.25, 0.3) is 0 Å². The number of hydrogen-bond donors (Lipinski definition) is 0. The second-order valence-electron chi connectivity index (χ2n) is 8.83. The van der Waals surface area contributed by atoms with Gasteiger partial charge in [0.2, 0.25) is 17.7 Å². The molecule has 2 aromatic heterocycles. The highest BCUT2D eigenvalue weighted by atomic mass is 16.5. The highest BCUT2D eigenvalue weighted by Gasteiger charge is 2.51. The number of rotatable bonds is 6. The van der Waals surface area contributed by atoms with Gasteiger partial charge in [-0.3, -0.25) is 9.78 Å². The summed E-state index contributed by atoms with van der Waals surface area (Å²) < 4.78 is 17.1. The van der Waals surface area contributed by atoms with Gasteiger partial charge in [0.05, 0.1) is 13.0 Å². The number of likely N-dealkylation sites (tertiary alicyclic amines) is 1. The summed E-state index contributed by atoms with van der Waals surface area (Å²) in [7, 11) is 1.65. The molecule has 2 saturated heterocycles. The normalized spacial score (nSPS) is 19.7. The Labute approximate surface area is 192 Å². The Balaban J connectivity index is 1.32. The number of benzene rings is 1. The van der Waals surface area contributed by atoms with Crippen LogP contribution in [0.3, 0.4) is 0 Å². The lowest BCUT2D eigenvalue weighted by atomic mass is 9.72. The summed E-state index contributed by atoms with van der Waals surface area (Å²) >= 11 is 0. The summed E-state index contributed by atoms with van der Waals surface area (Å²) in [4.78, 5) is 19.2. The van der Waals surface area contributed by atoms with Gasteiger partial charge >= 0.3 is 0 Å². The van der Waals surface area contributed by atoms with Crippen molar-refractivity contribution in [1.29, 1.82) is 0 Å². The first-order valence-electron chi connectivity index (χ1n) is 11.4. The van der Waals surface area contributed by atoms with E-state index in [0.29, 0.717) is 50.9 Å². The van der Waals surface area contributed by atoms with E-state index in [-0.39, 0.29) is 17.2 Å². The molecule has 8 nitrogen and oxygen atoms in total. The predicted octanol–water partition coefficient (Wildman–Crippen LogP) is 3.50. The first-order chi connectivity index (χ1) is 16.2. The third-order valence-electron chi connectivity index (χ3n) is 6.92. The molecular weight excluding hydrogens is 420 g/mol. The lowest BCUT2D eigenvalue weighted by molar-refractivity contribution is -0.130. The van der Waals surface area contributed by atoms with Gasteiger partial charge in [-0.2, -0.15) is 0 Å². The van der Waals surface area contributed by atoms with Crippen molar-refractivity contribution in [3.63, 3.8) is 0 Å². The first kappa shape index (κ1) is 21.6. The maximum Gasteiger partial charge on any atom is 0.247 e. The van der Waals surface area contributed by atoms with E-state index in [4.69, 9.17) is 13.9 Å². The van der Waals surface area contributed by atoms with Crippen molar-refractivity contribution in [2.75, 3.05) is 33.4 Å². The Morgan fingerprint density at radius 2 is 2.00 bits per heavy atom. The number of aromatic nitrogens is 3. The number of methoxy groups -OCH3 is 1. The van der Waals surface area contributed by atoms with Crippen LogP contribution in [0.15, 0.2) is 53.2 Å². The summed E-state index contributed by atoms with van der Waals surface area (Å²) in [6.45, 7) is 2.67. The third kappa shape index (κ3) is 4.48. The molecule has 1 atom stereocenters. The lowest BCUT2D eigenvalue weighted by Gasteiger charge is -2.36. The third-order valence-corrected chi connectivity index (χ3v) is 6.92. The molecule has 2 aliphatic rings. The fourth-order valence-corrected chi connectivity index (χ4v) is 5.01. The molecule has 33 heavy (non-hydrogen) atoms. The average Bonchev–Trinajstić information content (AvgIpc) is 3.49. The lowest BCUT2D eigenvalue weighted by Crippen LogP contribution is -2.37. The zero-order valence-electron chi connectivity index (χ0n) is 18.8. The molecule has 2 aliphatic heterocycles. The number of carbonyl (C=O) groups is 1. The van der Waals surface area contributed by atoms with E-state index in [1.165, 1.54) is 0 Å². The number of aryl methyl sites for hydroxylation is 1. The molecule has 8 heteroatoms. The fourth-order valence-electron chi connectivity index (χ4n) is 5.01. The standard InChI is InChI=1S/C25H28N4O4/c1-31-20-4-2-3-18(15-20)5-6-22(30)29-16-21(25(17-29)9-13-32-14-10-25)24-28-27-23(33-24)19-7-11-26-12-8-19/h2-4,7-8,11-12,15,21H,5-6,9-10,13-14,16-17H2,1H3. The molecule has 1 spiro atoms. The summed E-state index contributed by atoms with van der Waals surface area (Å²) in [6.07, 6.45) is 6.31. The molecule has 4 heterocycles. The van der Waals surface area contributed by atoms with Gasteiger partial charge in [-0.05, 0) is 49.1 Å². The quantitative estimate of drug-likeness (QED) is 0.570. The molecule has 1 unspecified atom stereocenters. The Morgan fingerprint density at radius 3 is 2.79 bits per heavy atom. The Kier molecular flexibility index (Phi) is 6.09. The Bertz CT molecular complexity index is 1090. The number of pyridine rings is 1. The van der Waals surface area contributed by atoms with E-state index >= 15 is 0 Å². The van der Waals surface area contributed by atoms with E-state index < -0.39 is 0 Å². The van der Waals surface area contributed by atoms with Crippen molar-refractivity contribution in [2.24, 2.45) is 5.41 Å². The number of amides is 1. The topological polar surface area (TPSA) is 90.6 Å². The van der Waals surface area contributed by atoms with Gasteiger partial charge in [0, 0.05) is 56.1 Å². The van der Waals surface area contributed by atoms with E-state index in [2.05, 4.69) is 15.2 Å². The zero-order chi connectivity index (χ0) is 22.7. The molecule has 0 N–H and O–H groups in total. The molecule has 1 aromatic carbocycles. The van der Waals surface area contributed by atoms with Crippen LogP contribution in [0.2, 0.25) is 0 Å². The van der Waals surface area contributed by atoms with Crippen molar-refractivity contribution in [3.8, 4) is 17.2 Å². The molecular formula is C25H28N4O4. The van der Waals surface area contributed by atoms with E-state index in [1.54, 1.807) is 19.5 Å². The van der Waals surface area contributed by atoms with Crippen molar-refractivity contribution < 1.29 is 18.7 Å². The predicted molar refractivity (Wildman–Crippen MR) is 121 cm³/mol. The van der Waals surface area contributed by atoms with Crippen LogP contribution in [0.25, 0.3) is 11.5 Å². The van der Waals surface area contributed by atoms with Crippen LogP contribution in [-0.4, -0.2) is 59.4 Å². The van der Waals surface area contributed by atoms with Gasteiger partial charge in [-0.15, -0.1) is 10.2 Å². The maximum atomic E-state index is 13.2. The molecule has 172 valence electrons. The van der Waals surface area contributed by atoms with Crippen molar-refractivity contribution in [2.45, 2.75) is 31.6 Å². The fraction of sp³-hybridized carbons (Fsp3) is 0.440. The van der Waals surface area contributed by atoms with Crippen molar-refractivity contribution in [3.05, 3.63) is 60.2 Å². The van der Waals surface area contributed by atoms with E-state index in [1.807, 2.05) is 41.3 Å². The molecule has 0 saturated carbocycles. The summed E-state index contributed by atoms with van der Waals surface area (Å²) in [5.41, 5.74) is 1.85. The van der Waals surface area contributed by atoms with Crippen LogP contribution in [0.4, 0.5) is 0 Å². The largest absolute Gasteiger partial charge is 0.497 e. The Hall–Kier alpha value is -3.26. The minimum absolute atomic E-state index is 0.00487. The van der Waals surface area contributed by atoms with Gasteiger partial charge in [0.15, 0.2) is 0 Å². The number of ether oxygens (including phenoxy) is 2. The molecule has 2 fully saturated rings. The molecule has 3 aromatic rings. The van der Waals surface area contributed by atoms with Crippen LogP contribution in [-0.2, 0) is 16.0 Å². The van der Waals surface area contributed by atoms with E-state index in [9.17, 15) is 4.79 Å². The molecule has 5 rings (SSSR count). The number of nitrogens with zero attached hydrogens (tertiary/aromatic N) is 4. The zero-order valence-corrected chi connectivity index (χ0v) is 18.8. The van der Waals surface area contributed by atoms with Gasteiger partial charge in [-0.1, -0.05) is 12.1 Å². The van der Waals surface area contributed by atoms with Crippen molar-refractivity contribution in [1.82, 2.24) is 20.1 Å². The van der Waals surface area contributed by atoms with E-state index in [0.717, 1.165) is 29.7 Å². The van der Waals surface area contributed by atoms with Crippen LogP contribution >= 0.6 is 0 Å². The number of carbonyl (C=O) groups excluding carboxylic acids is 1. The summed E-state index contributed by atoms with van der Waals surface area (Å²) in [6, 6.07) is 11.6. The minimum atomic E-state index is -0.0913. The highest BCUT2D eigenvalue weighted by Crippen LogP contribution is 2.49. The second kappa shape index (κ2) is 9.31. The SMILES string of the molecule is COc1cccc(CCC(=O)N2CC(c3nnc(-c4ccncc4)o3)C3(CCOCC3)C2)c1. The van der Waals surface area contributed by atoms with Crippen LogP contribution in [0.1, 0.15) is 36.6 Å². The van der Waals surface area contributed by atoms with Gasteiger partial charge in [0.1, 0.15) is 5.75 Å².